The number of hydrogen-bond acceptors (Lipinski definition) is 4. The second-order valence-corrected chi connectivity index (χ2v) is 11.3. The van der Waals surface area contributed by atoms with Crippen LogP contribution in [0.3, 0.4) is 0 Å². The second kappa shape index (κ2) is 8.14. The van der Waals surface area contributed by atoms with Crippen molar-refractivity contribution in [3.05, 3.63) is 29.8 Å². The van der Waals surface area contributed by atoms with Gasteiger partial charge in [0.15, 0.2) is 0 Å². The number of rotatable bonds is 3. The van der Waals surface area contributed by atoms with Crippen LogP contribution in [0.2, 0.25) is 0 Å². The molecule has 33 heavy (non-hydrogen) atoms. The third-order valence-electron chi connectivity index (χ3n) is 10.0. The van der Waals surface area contributed by atoms with Crippen molar-refractivity contribution in [1.82, 2.24) is 5.32 Å². The van der Waals surface area contributed by atoms with E-state index in [-0.39, 0.29) is 28.6 Å². The Bertz CT molecular complexity index is 977. The van der Waals surface area contributed by atoms with Crippen LogP contribution in [-0.4, -0.2) is 30.9 Å². The molecule has 6 heteroatoms. The van der Waals surface area contributed by atoms with Crippen molar-refractivity contribution >= 4 is 23.5 Å². The van der Waals surface area contributed by atoms with E-state index in [9.17, 15) is 14.4 Å². The lowest BCUT2D eigenvalue weighted by Gasteiger charge is -2.60. The van der Waals surface area contributed by atoms with Gasteiger partial charge < -0.3 is 15.4 Å². The van der Waals surface area contributed by atoms with Gasteiger partial charge in [-0.2, -0.15) is 0 Å². The van der Waals surface area contributed by atoms with Gasteiger partial charge in [0.2, 0.25) is 11.8 Å². The Morgan fingerprint density at radius 2 is 1.76 bits per heavy atom. The Labute approximate surface area is 196 Å². The number of amides is 2. The van der Waals surface area contributed by atoms with Gasteiger partial charge in [-0.05, 0) is 85.7 Å². The van der Waals surface area contributed by atoms with Crippen LogP contribution in [0.15, 0.2) is 24.3 Å². The summed E-state index contributed by atoms with van der Waals surface area (Å²) in [6, 6.07) is 7.37. The van der Waals surface area contributed by atoms with Gasteiger partial charge in [-0.15, -0.1) is 0 Å². The third kappa shape index (κ3) is 3.48. The topological polar surface area (TPSA) is 84.5 Å². The van der Waals surface area contributed by atoms with Gasteiger partial charge in [-0.3, -0.25) is 9.59 Å². The van der Waals surface area contributed by atoms with Gasteiger partial charge in [0.25, 0.3) is 0 Å². The fourth-order valence-electron chi connectivity index (χ4n) is 8.23. The molecule has 1 aliphatic heterocycles. The largest absolute Gasteiger partial charge is 0.465 e. The number of esters is 1. The Kier molecular flexibility index (Phi) is 5.53. The molecule has 0 bridgehead atoms. The van der Waals surface area contributed by atoms with Gasteiger partial charge in [0.1, 0.15) is 0 Å². The first-order valence-electron chi connectivity index (χ1n) is 12.6. The number of carbonyl (C=O) groups excluding carboxylic acids is 3. The molecule has 3 saturated carbocycles. The van der Waals surface area contributed by atoms with Gasteiger partial charge in [-0.25, -0.2) is 4.79 Å². The highest BCUT2D eigenvalue weighted by Gasteiger charge is 2.61. The predicted octanol–water partition coefficient (Wildman–Crippen LogP) is 4.55. The highest BCUT2D eigenvalue weighted by Crippen LogP contribution is 2.65. The minimum absolute atomic E-state index is 0.0213. The SMILES string of the molecule is COC(=O)c1ccccc1NC(=O)[C@H]1CC[C@H]2[C@@H]3CC[C@H]4NC(=O)CC[C@]4(C)[C@H]3CC[C@]12C. The zero-order valence-corrected chi connectivity index (χ0v) is 20.0. The smallest absolute Gasteiger partial charge is 0.339 e. The summed E-state index contributed by atoms with van der Waals surface area (Å²) in [5.41, 5.74) is 1.08. The quantitative estimate of drug-likeness (QED) is 0.659. The van der Waals surface area contributed by atoms with E-state index in [0.29, 0.717) is 41.5 Å². The lowest BCUT2D eigenvalue weighted by Crippen LogP contribution is -2.61. The Morgan fingerprint density at radius 3 is 2.55 bits per heavy atom. The molecule has 6 nitrogen and oxygen atoms in total. The Morgan fingerprint density at radius 1 is 1.00 bits per heavy atom. The van der Waals surface area contributed by atoms with Crippen molar-refractivity contribution in [2.45, 2.75) is 71.3 Å². The summed E-state index contributed by atoms with van der Waals surface area (Å²) >= 11 is 0. The minimum atomic E-state index is -0.438. The molecule has 1 aromatic rings. The fraction of sp³-hybridized carbons (Fsp3) is 0.667. The molecule has 0 radical (unpaired) electrons. The van der Waals surface area contributed by atoms with E-state index in [1.807, 2.05) is 6.07 Å². The molecule has 0 spiro atoms. The van der Waals surface area contributed by atoms with Crippen molar-refractivity contribution in [1.29, 1.82) is 0 Å². The van der Waals surface area contributed by atoms with Gasteiger partial charge in [-0.1, -0.05) is 26.0 Å². The zero-order chi connectivity index (χ0) is 23.4. The normalized spacial score (nSPS) is 39.5. The van der Waals surface area contributed by atoms with Crippen LogP contribution in [-0.2, 0) is 14.3 Å². The molecule has 3 aliphatic carbocycles. The van der Waals surface area contributed by atoms with E-state index in [0.717, 1.165) is 44.9 Å². The lowest BCUT2D eigenvalue weighted by atomic mass is 9.47. The summed E-state index contributed by atoms with van der Waals surface area (Å²) in [5, 5.41) is 6.36. The molecular formula is C27H36N2O4. The second-order valence-electron chi connectivity index (χ2n) is 11.3. The lowest BCUT2D eigenvalue weighted by molar-refractivity contribution is -0.140. The van der Waals surface area contributed by atoms with Crippen LogP contribution in [0.5, 0.6) is 0 Å². The van der Waals surface area contributed by atoms with Crippen molar-refractivity contribution in [3.8, 4) is 0 Å². The van der Waals surface area contributed by atoms with Crippen LogP contribution in [0, 0.1) is 34.5 Å². The average molecular weight is 453 g/mol. The van der Waals surface area contributed by atoms with Gasteiger partial charge in [0.05, 0.1) is 18.4 Å². The molecule has 2 N–H and O–H groups in total. The summed E-state index contributed by atoms with van der Waals surface area (Å²) < 4.78 is 4.89. The summed E-state index contributed by atoms with van der Waals surface area (Å²) in [5.74, 6) is 1.54. The van der Waals surface area contributed by atoms with E-state index in [1.54, 1.807) is 18.2 Å². The van der Waals surface area contributed by atoms with Crippen LogP contribution in [0.1, 0.15) is 75.6 Å². The van der Waals surface area contributed by atoms with E-state index in [1.165, 1.54) is 7.11 Å². The molecule has 1 heterocycles. The number of ether oxygens (including phenoxy) is 1. The standard InChI is InChI=1S/C27H36N2O4/c1-26-14-12-19-16(8-11-22-27(19,2)15-13-23(30)29-22)18(26)9-10-20(26)24(31)28-21-7-5-4-6-17(21)25(32)33-3/h4-7,16,18-20,22H,8-15H2,1-3H3,(H,28,31)(H,29,30)/t16-,18-,19-,20+,22+,26-,27+/m0/s1. The highest BCUT2D eigenvalue weighted by molar-refractivity contribution is 6.02. The van der Waals surface area contributed by atoms with Crippen LogP contribution in [0.4, 0.5) is 5.69 Å². The number of carbonyl (C=O) groups is 3. The van der Waals surface area contributed by atoms with E-state index >= 15 is 0 Å². The Balaban J connectivity index is 1.35. The molecule has 0 aromatic heterocycles. The molecule has 4 fully saturated rings. The van der Waals surface area contributed by atoms with Crippen LogP contribution < -0.4 is 10.6 Å². The van der Waals surface area contributed by atoms with Crippen molar-refractivity contribution < 1.29 is 19.1 Å². The number of fused-ring (bicyclic) bond motifs is 5. The summed E-state index contributed by atoms with van der Waals surface area (Å²) in [7, 11) is 1.36. The molecule has 1 saturated heterocycles. The van der Waals surface area contributed by atoms with Crippen LogP contribution >= 0.6 is 0 Å². The highest BCUT2D eigenvalue weighted by atomic mass is 16.5. The van der Waals surface area contributed by atoms with Gasteiger partial charge >= 0.3 is 5.97 Å². The maximum absolute atomic E-state index is 13.5. The van der Waals surface area contributed by atoms with Crippen molar-refractivity contribution in [2.24, 2.45) is 34.5 Å². The first-order chi connectivity index (χ1) is 15.8. The molecule has 5 rings (SSSR count). The number of methoxy groups -OCH3 is 1. The average Bonchev–Trinajstić information content (AvgIpc) is 3.16. The van der Waals surface area contributed by atoms with Gasteiger partial charge in [0, 0.05) is 18.4 Å². The van der Waals surface area contributed by atoms with E-state index in [4.69, 9.17) is 4.74 Å². The number of nitrogens with one attached hydrogen (secondary N) is 2. The minimum Gasteiger partial charge on any atom is -0.465 e. The number of hydrogen-bond donors (Lipinski definition) is 2. The molecule has 178 valence electrons. The fourth-order valence-corrected chi connectivity index (χ4v) is 8.23. The predicted molar refractivity (Wildman–Crippen MR) is 125 cm³/mol. The van der Waals surface area contributed by atoms with Crippen molar-refractivity contribution in [3.63, 3.8) is 0 Å². The monoisotopic (exact) mass is 452 g/mol. The molecule has 7 atom stereocenters. The molecule has 2 amide bonds. The first-order valence-corrected chi connectivity index (χ1v) is 12.6. The third-order valence-corrected chi connectivity index (χ3v) is 10.0. The van der Waals surface area contributed by atoms with E-state index in [2.05, 4.69) is 24.5 Å². The van der Waals surface area contributed by atoms with Crippen LogP contribution in [0.25, 0.3) is 0 Å². The summed E-state index contributed by atoms with van der Waals surface area (Å²) in [6.45, 7) is 4.73. The summed E-state index contributed by atoms with van der Waals surface area (Å²) in [4.78, 5) is 37.7. The zero-order valence-electron chi connectivity index (χ0n) is 20.0. The number of piperidine rings is 1. The number of para-hydroxylation sites is 1. The first kappa shape index (κ1) is 22.4. The molecule has 0 unspecified atom stereocenters. The number of benzene rings is 1. The van der Waals surface area contributed by atoms with E-state index < -0.39 is 5.97 Å². The molecular weight excluding hydrogens is 416 g/mol. The number of anilines is 1. The Hall–Kier alpha value is -2.37. The molecule has 4 aliphatic rings. The summed E-state index contributed by atoms with van der Waals surface area (Å²) in [6.07, 6.45) is 7.99. The van der Waals surface area contributed by atoms with Crippen molar-refractivity contribution in [2.75, 3.05) is 12.4 Å². The molecule has 1 aromatic carbocycles. The maximum Gasteiger partial charge on any atom is 0.339 e. The maximum atomic E-state index is 13.5.